The van der Waals surface area contributed by atoms with Crippen LogP contribution in [-0.4, -0.2) is 52.1 Å². The molecule has 4 aromatic rings. The first kappa shape index (κ1) is 21.5. The van der Waals surface area contributed by atoms with Crippen molar-refractivity contribution >= 4 is 26.6 Å². The number of sulfonamides is 1. The fraction of sp³-hybridized carbons (Fsp3) is 0.222. The maximum Gasteiger partial charge on any atom is 0.419 e. The summed E-state index contributed by atoms with van der Waals surface area (Å²) in [5, 5.41) is 8.37. The zero-order valence-electron chi connectivity index (χ0n) is 16.9. The van der Waals surface area contributed by atoms with E-state index < -0.39 is 21.8 Å². The number of methoxy groups -OCH3 is 1. The number of pyridine rings is 2. The molecule has 14 heteroatoms. The number of aromatic nitrogens is 6. The van der Waals surface area contributed by atoms with Crippen LogP contribution in [0.15, 0.2) is 48.0 Å². The Kier molecular flexibility index (Phi) is 5.03. The van der Waals surface area contributed by atoms with E-state index in [0.717, 1.165) is 21.4 Å². The van der Waals surface area contributed by atoms with E-state index in [2.05, 4.69) is 20.2 Å². The molecule has 4 rings (SSSR count). The summed E-state index contributed by atoms with van der Waals surface area (Å²) < 4.78 is 73.5. The number of halogens is 3. The molecule has 0 aliphatic heterocycles. The molecule has 0 radical (unpaired) electrons. The van der Waals surface area contributed by atoms with Gasteiger partial charge in [-0.05, 0) is 12.1 Å². The first-order valence-electron chi connectivity index (χ1n) is 8.96. The number of rotatable bonds is 5. The molecule has 0 saturated carbocycles. The van der Waals surface area contributed by atoms with Crippen molar-refractivity contribution in [3.63, 3.8) is 0 Å². The Morgan fingerprint density at radius 3 is 2.41 bits per heavy atom. The minimum atomic E-state index is -4.55. The standard InChI is InChI=1S/C18H16F3N7O3S/c1-26-15-11(7-24-26)6-23-17(31-3)16(15)27(2)32(29,30)13-4-5-14(22-9-13)28-10-12(8-25-28)18(19,20)21/h4-10H,1-3H3. The average molecular weight is 467 g/mol. The number of ether oxygens (including phenoxy) is 1. The summed E-state index contributed by atoms with van der Waals surface area (Å²) in [5.74, 6) is 0.100. The lowest BCUT2D eigenvalue weighted by Gasteiger charge is -2.22. The fourth-order valence-electron chi connectivity index (χ4n) is 3.10. The summed E-state index contributed by atoms with van der Waals surface area (Å²) in [4.78, 5) is 7.92. The molecule has 0 aliphatic rings. The number of nitrogens with zero attached hydrogens (tertiary/aromatic N) is 7. The highest BCUT2D eigenvalue weighted by Crippen LogP contribution is 2.36. The van der Waals surface area contributed by atoms with Crippen molar-refractivity contribution in [1.82, 2.24) is 29.5 Å². The largest absolute Gasteiger partial charge is 0.479 e. The fourth-order valence-corrected chi connectivity index (χ4v) is 4.24. The smallest absolute Gasteiger partial charge is 0.419 e. The number of fused-ring (bicyclic) bond motifs is 1. The molecule has 0 amide bonds. The molecule has 0 N–H and O–H groups in total. The van der Waals surface area contributed by atoms with E-state index in [9.17, 15) is 21.6 Å². The second kappa shape index (κ2) is 7.47. The van der Waals surface area contributed by atoms with Gasteiger partial charge in [0.15, 0.2) is 5.82 Å². The monoisotopic (exact) mass is 467 g/mol. The summed E-state index contributed by atoms with van der Waals surface area (Å²) in [5.41, 5.74) is -0.278. The Morgan fingerprint density at radius 1 is 1.06 bits per heavy atom. The number of aryl methyl sites for hydroxylation is 1. The highest BCUT2D eigenvalue weighted by Gasteiger charge is 2.32. The van der Waals surface area contributed by atoms with Crippen LogP contribution in [0.25, 0.3) is 16.7 Å². The second-order valence-corrected chi connectivity index (χ2v) is 8.65. The van der Waals surface area contributed by atoms with Gasteiger partial charge in [0.05, 0.1) is 30.6 Å². The van der Waals surface area contributed by atoms with Crippen LogP contribution in [0.5, 0.6) is 5.88 Å². The molecule has 0 unspecified atom stereocenters. The third kappa shape index (κ3) is 3.51. The highest BCUT2D eigenvalue weighted by molar-refractivity contribution is 7.92. The van der Waals surface area contributed by atoms with Gasteiger partial charge in [-0.25, -0.2) is 23.1 Å². The van der Waals surface area contributed by atoms with Crippen molar-refractivity contribution in [3.05, 3.63) is 48.7 Å². The summed E-state index contributed by atoms with van der Waals surface area (Å²) in [6.07, 6.45) is 0.974. The van der Waals surface area contributed by atoms with Gasteiger partial charge >= 0.3 is 6.18 Å². The van der Waals surface area contributed by atoms with Crippen molar-refractivity contribution in [2.24, 2.45) is 7.05 Å². The third-order valence-electron chi connectivity index (χ3n) is 4.75. The zero-order chi connectivity index (χ0) is 23.3. The van der Waals surface area contributed by atoms with Gasteiger partial charge in [-0.2, -0.15) is 23.4 Å². The summed E-state index contributed by atoms with van der Waals surface area (Å²) in [6, 6.07) is 2.49. The van der Waals surface area contributed by atoms with Gasteiger partial charge in [-0.3, -0.25) is 8.99 Å². The van der Waals surface area contributed by atoms with Gasteiger partial charge in [0.2, 0.25) is 5.88 Å². The van der Waals surface area contributed by atoms with E-state index in [4.69, 9.17) is 4.74 Å². The van der Waals surface area contributed by atoms with Crippen LogP contribution < -0.4 is 9.04 Å². The van der Waals surface area contributed by atoms with E-state index in [1.54, 1.807) is 13.2 Å². The topological polar surface area (TPSA) is 108 Å². The molecule has 10 nitrogen and oxygen atoms in total. The Bertz CT molecular complexity index is 1400. The predicted octanol–water partition coefficient (Wildman–Crippen LogP) is 2.40. The van der Waals surface area contributed by atoms with Gasteiger partial charge < -0.3 is 4.74 Å². The predicted molar refractivity (Wildman–Crippen MR) is 107 cm³/mol. The van der Waals surface area contributed by atoms with Crippen LogP contribution in [-0.2, 0) is 23.2 Å². The second-order valence-electron chi connectivity index (χ2n) is 6.68. The van der Waals surface area contributed by atoms with Gasteiger partial charge in [-0.1, -0.05) is 0 Å². The first-order valence-corrected chi connectivity index (χ1v) is 10.4. The van der Waals surface area contributed by atoms with E-state index in [0.29, 0.717) is 17.1 Å². The van der Waals surface area contributed by atoms with Crippen molar-refractivity contribution in [2.45, 2.75) is 11.1 Å². The Balaban J connectivity index is 1.72. The molecular formula is C18H16F3N7O3S. The summed E-state index contributed by atoms with van der Waals surface area (Å²) >= 11 is 0. The molecule has 168 valence electrons. The SMILES string of the molecule is COc1ncc2cnn(C)c2c1N(C)S(=O)(=O)c1ccc(-n2cc(C(F)(F)F)cn2)nc1. The van der Waals surface area contributed by atoms with E-state index >= 15 is 0 Å². The van der Waals surface area contributed by atoms with Crippen LogP contribution in [0.4, 0.5) is 18.9 Å². The number of alkyl halides is 3. The van der Waals surface area contributed by atoms with Crippen molar-refractivity contribution in [1.29, 1.82) is 0 Å². The zero-order valence-corrected chi connectivity index (χ0v) is 17.8. The normalized spacial score (nSPS) is 12.3. The Morgan fingerprint density at radius 2 is 1.81 bits per heavy atom. The Hall–Kier alpha value is -3.68. The lowest BCUT2D eigenvalue weighted by Crippen LogP contribution is -2.28. The Labute approximate surface area is 179 Å². The summed E-state index contributed by atoms with van der Waals surface area (Å²) in [6.45, 7) is 0. The minimum Gasteiger partial charge on any atom is -0.479 e. The van der Waals surface area contributed by atoms with E-state index in [1.807, 2.05) is 0 Å². The highest BCUT2D eigenvalue weighted by atomic mass is 32.2. The quantitative estimate of drug-likeness (QED) is 0.444. The molecule has 0 saturated heterocycles. The van der Waals surface area contributed by atoms with Crippen molar-refractivity contribution in [3.8, 4) is 11.7 Å². The molecule has 32 heavy (non-hydrogen) atoms. The number of hydrogen-bond donors (Lipinski definition) is 0. The number of anilines is 1. The minimum absolute atomic E-state index is 0.0232. The van der Waals surface area contributed by atoms with Crippen LogP contribution in [0, 0.1) is 0 Å². The third-order valence-corrected chi connectivity index (χ3v) is 6.49. The summed E-state index contributed by atoms with van der Waals surface area (Å²) in [7, 11) is 0.223. The first-order chi connectivity index (χ1) is 15.0. The lowest BCUT2D eigenvalue weighted by molar-refractivity contribution is -0.137. The maximum absolute atomic E-state index is 13.3. The molecule has 4 heterocycles. The van der Waals surface area contributed by atoms with Crippen LogP contribution in [0.3, 0.4) is 0 Å². The molecule has 0 aromatic carbocycles. The van der Waals surface area contributed by atoms with Crippen LogP contribution in [0.1, 0.15) is 5.56 Å². The van der Waals surface area contributed by atoms with Gasteiger partial charge in [-0.15, -0.1) is 0 Å². The number of hydrogen-bond acceptors (Lipinski definition) is 7. The van der Waals surface area contributed by atoms with E-state index in [-0.39, 0.29) is 22.3 Å². The lowest BCUT2D eigenvalue weighted by atomic mass is 10.3. The van der Waals surface area contributed by atoms with Crippen molar-refractivity contribution in [2.75, 3.05) is 18.5 Å². The van der Waals surface area contributed by atoms with Crippen molar-refractivity contribution < 1.29 is 26.3 Å². The molecule has 0 bridgehead atoms. The maximum atomic E-state index is 13.3. The van der Waals surface area contributed by atoms with Gasteiger partial charge in [0.1, 0.15) is 10.6 Å². The molecule has 0 spiro atoms. The van der Waals surface area contributed by atoms with Crippen LogP contribution in [0.2, 0.25) is 0 Å². The molecule has 0 fully saturated rings. The molecule has 0 aliphatic carbocycles. The molecule has 0 atom stereocenters. The molecular weight excluding hydrogens is 451 g/mol. The van der Waals surface area contributed by atoms with Gasteiger partial charge in [0.25, 0.3) is 10.0 Å². The molecule has 4 aromatic heterocycles. The average Bonchev–Trinajstić information content (AvgIpc) is 3.40. The van der Waals surface area contributed by atoms with Crippen LogP contribution >= 0.6 is 0 Å². The van der Waals surface area contributed by atoms with E-state index in [1.165, 1.54) is 37.2 Å². The van der Waals surface area contributed by atoms with Gasteiger partial charge in [0, 0.05) is 38.1 Å².